The molecule has 2 heterocycles. The molecule has 1 N–H and O–H groups in total. The Balaban J connectivity index is 1.54. The van der Waals surface area contributed by atoms with Gasteiger partial charge in [0.15, 0.2) is 5.76 Å². The van der Waals surface area contributed by atoms with Crippen LogP contribution in [0.4, 0.5) is 13.2 Å². The average molecular weight is 471 g/mol. The minimum absolute atomic E-state index is 0.0387. The van der Waals surface area contributed by atoms with Crippen molar-refractivity contribution < 1.29 is 31.6 Å². The molecule has 0 spiro atoms. The van der Waals surface area contributed by atoms with Gasteiger partial charge >= 0.3 is 6.18 Å². The third-order valence-electron chi connectivity index (χ3n) is 5.19. The zero-order valence-corrected chi connectivity index (χ0v) is 18.5. The standard InChI is InChI=1S/C24H20F3N3O4/c1-13-20(21(34-30-13)16-5-4-6-17(11-16)24(25,26)27)22(31)28-12-19-14(2)33-23(29-19)15-7-9-18(32-3)10-8-15/h4-11H,12H2,1-3H3,(H,28,31). The van der Waals surface area contributed by atoms with Crippen LogP contribution < -0.4 is 10.1 Å². The fraction of sp³-hybridized carbons (Fsp3) is 0.208. The molecule has 0 saturated carbocycles. The van der Waals surface area contributed by atoms with Crippen LogP contribution >= 0.6 is 0 Å². The average Bonchev–Trinajstić information content (AvgIpc) is 3.39. The number of aryl methyl sites for hydroxylation is 2. The van der Waals surface area contributed by atoms with Crippen LogP contribution in [-0.4, -0.2) is 23.2 Å². The largest absolute Gasteiger partial charge is 0.497 e. The van der Waals surface area contributed by atoms with Gasteiger partial charge in [0.05, 0.1) is 24.9 Å². The molecule has 0 atom stereocenters. The highest BCUT2D eigenvalue weighted by atomic mass is 19.4. The number of rotatable bonds is 6. The Morgan fingerprint density at radius 3 is 2.50 bits per heavy atom. The molecule has 4 rings (SSSR count). The molecule has 0 radical (unpaired) electrons. The summed E-state index contributed by atoms with van der Waals surface area (Å²) < 4.78 is 55.4. The van der Waals surface area contributed by atoms with Gasteiger partial charge in [-0.05, 0) is 50.2 Å². The van der Waals surface area contributed by atoms with Crippen LogP contribution in [0.3, 0.4) is 0 Å². The van der Waals surface area contributed by atoms with Crippen molar-refractivity contribution in [2.75, 3.05) is 7.11 Å². The van der Waals surface area contributed by atoms with Gasteiger partial charge in [-0.1, -0.05) is 17.3 Å². The predicted octanol–water partition coefficient (Wildman–Crippen LogP) is 5.57. The van der Waals surface area contributed by atoms with E-state index in [-0.39, 0.29) is 29.1 Å². The van der Waals surface area contributed by atoms with Crippen molar-refractivity contribution >= 4 is 5.91 Å². The molecule has 176 valence electrons. The molecule has 7 nitrogen and oxygen atoms in total. The Labute approximate surface area is 192 Å². The number of hydrogen-bond donors (Lipinski definition) is 1. The summed E-state index contributed by atoms with van der Waals surface area (Å²) in [5.41, 5.74) is 0.795. The number of methoxy groups -OCH3 is 1. The zero-order valence-electron chi connectivity index (χ0n) is 18.5. The Hall–Kier alpha value is -4.08. The highest BCUT2D eigenvalue weighted by molar-refractivity contribution is 6.00. The monoisotopic (exact) mass is 471 g/mol. The number of hydrogen-bond acceptors (Lipinski definition) is 6. The molecule has 0 aliphatic carbocycles. The van der Waals surface area contributed by atoms with E-state index in [0.29, 0.717) is 23.1 Å². The Kier molecular flexibility index (Phi) is 6.14. The van der Waals surface area contributed by atoms with Crippen molar-refractivity contribution in [3.63, 3.8) is 0 Å². The molecule has 1 amide bonds. The maximum atomic E-state index is 13.1. The smallest absolute Gasteiger partial charge is 0.416 e. The van der Waals surface area contributed by atoms with Gasteiger partial charge in [0.25, 0.3) is 5.91 Å². The summed E-state index contributed by atoms with van der Waals surface area (Å²) in [5, 5.41) is 6.49. The first-order valence-electron chi connectivity index (χ1n) is 10.2. The van der Waals surface area contributed by atoms with Gasteiger partial charge in [0.1, 0.15) is 22.8 Å². The van der Waals surface area contributed by atoms with Crippen molar-refractivity contribution in [3.8, 4) is 28.5 Å². The lowest BCUT2D eigenvalue weighted by Gasteiger charge is -2.08. The van der Waals surface area contributed by atoms with E-state index in [0.717, 1.165) is 17.7 Å². The summed E-state index contributed by atoms with van der Waals surface area (Å²) in [6, 6.07) is 11.7. The molecule has 0 bridgehead atoms. The summed E-state index contributed by atoms with van der Waals surface area (Å²) in [6.07, 6.45) is -4.53. The van der Waals surface area contributed by atoms with Gasteiger partial charge in [-0.2, -0.15) is 13.2 Å². The highest BCUT2D eigenvalue weighted by Crippen LogP contribution is 2.34. The SMILES string of the molecule is COc1ccc(-c2nc(CNC(=O)c3c(C)noc3-c3cccc(C(F)(F)F)c3)c(C)o2)cc1. The van der Waals surface area contributed by atoms with E-state index < -0.39 is 17.6 Å². The first-order valence-corrected chi connectivity index (χ1v) is 10.2. The van der Waals surface area contributed by atoms with Gasteiger partial charge in [0, 0.05) is 11.1 Å². The molecule has 2 aromatic carbocycles. The summed E-state index contributed by atoms with van der Waals surface area (Å²) in [5.74, 6) is 0.998. The molecule has 0 aliphatic rings. The van der Waals surface area contributed by atoms with E-state index in [1.807, 2.05) is 0 Å². The molecule has 10 heteroatoms. The van der Waals surface area contributed by atoms with E-state index >= 15 is 0 Å². The zero-order chi connectivity index (χ0) is 24.5. The molecule has 34 heavy (non-hydrogen) atoms. The number of nitrogens with zero attached hydrogens (tertiary/aromatic N) is 2. The number of carbonyl (C=O) groups is 1. The minimum Gasteiger partial charge on any atom is -0.497 e. The van der Waals surface area contributed by atoms with Crippen LogP contribution in [0.5, 0.6) is 5.75 Å². The number of halogens is 3. The van der Waals surface area contributed by atoms with Gasteiger partial charge in [-0.3, -0.25) is 4.79 Å². The number of benzene rings is 2. The maximum Gasteiger partial charge on any atom is 0.416 e. The van der Waals surface area contributed by atoms with Crippen molar-refractivity contribution in [1.29, 1.82) is 0 Å². The lowest BCUT2D eigenvalue weighted by molar-refractivity contribution is -0.137. The quantitative estimate of drug-likeness (QED) is 0.395. The van der Waals surface area contributed by atoms with Crippen molar-refractivity contribution in [1.82, 2.24) is 15.5 Å². The second-order valence-electron chi connectivity index (χ2n) is 7.48. The van der Waals surface area contributed by atoms with E-state index in [1.165, 1.54) is 12.1 Å². The maximum absolute atomic E-state index is 13.1. The van der Waals surface area contributed by atoms with Gasteiger partial charge < -0.3 is 19.0 Å². The van der Waals surface area contributed by atoms with E-state index in [4.69, 9.17) is 13.7 Å². The molecule has 0 saturated heterocycles. The number of alkyl halides is 3. The van der Waals surface area contributed by atoms with Crippen molar-refractivity contribution in [2.45, 2.75) is 26.6 Å². The number of carbonyl (C=O) groups excluding carboxylic acids is 1. The lowest BCUT2D eigenvalue weighted by Crippen LogP contribution is -2.24. The summed E-state index contributed by atoms with van der Waals surface area (Å²) in [7, 11) is 1.57. The predicted molar refractivity (Wildman–Crippen MR) is 116 cm³/mol. The Bertz CT molecular complexity index is 1320. The molecule has 0 fully saturated rings. The third kappa shape index (κ3) is 4.66. The second kappa shape index (κ2) is 9.05. The molecule has 4 aromatic rings. The minimum atomic E-state index is -4.53. The fourth-order valence-corrected chi connectivity index (χ4v) is 3.37. The lowest BCUT2D eigenvalue weighted by atomic mass is 10.0. The topological polar surface area (TPSA) is 90.4 Å². The van der Waals surface area contributed by atoms with Gasteiger partial charge in [-0.15, -0.1) is 0 Å². The van der Waals surface area contributed by atoms with Crippen LogP contribution in [0.2, 0.25) is 0 Å². The first-order chi connectivity index (χ1) is 16.2. The number of aromatic nitrogens is 2. The van der Waals surface area contributed by atoms with Crippen LogP contribution in [0.25, 0.3) is 22.8 Å². The van der Waals surface area contributed by atoms with E-state index in [1.54, 1.807) is 45.2 Å². The third-order valence-corrected chi connectivity index (χ3v) is 5.19. The van der Waals surface area contributed by atoms with Crippen molar-refractivity contribution in [2.24, 2.45) is 0 Å². The van der Waals surface area contributed by atoms with E-state index in [9.17, 15) is 18.0 Å². The van der Waals surface area contributed by atoms with Crippen LogP contribution in [0.15, 0.2) is 57.5 Å². The second-order valence-corrected chi connectivity index (χ2v) is 7.48. The molecule has 0 aliphatic heterocycles. The van der Waals surface area contributed by atoms with Crippen LogP contribution in [0.1, 0.15) is 33.1 Å². The fourth-order valence-electron chi connectivity index (χ4n) is 3.37. The highest BCUT2D eigenvalue weighted by Gasteiger charge is 2.31. The number of nitrogens with one attached hydrogen (secondary N) is 1. The van der Waals surface area contributed by atoms with Gasteiger partial charge in [-0.25, -0.2) is 4.98 Å². The van der Waals surface area contributed by atoms with Crippen LogP contribution in [0, 0.1) is 13.8 Å². The number of ether oxygens (including phenoxy) is 1. The normalized spacial score (nSPS) is 11.5. The van der Waals surface area contributed by atoms with Gasteiger partial charge in [0.2, 0.25) is 5.89 Å². The molecule has 2 aromatic heterocycles. The summed E-state index contributed by atoms with van der Waals surface area (Å²) >= 11 is 0. The van der Waals surface area contributed by atoms with Crippen LogP contribution in [-0.2, 0) is 12.7 Å². The molecular weight excluding hydrogens is 451 g/mol. The summed E-state index contributed by atoms with van der Waals surface area (Å²) in [4.78, 5) is 17.4. The number of amides is 1. The van der Waals surface area contributed by atoms with E-state index in [2.05, 4.69) is 15.5 Å². The Morgan fingerprint density at radius 1 is 1.09 bits per heavy atom. The Morgan fingerprint density at radius 2 is 1.82 bits per heavy atom. The van der Waals surface area contributed by atoms with Crippen molar-refractivity contribution in [3.05, 3.63) is 76.8 Å². The molecule has 0 unspecified atom stereocenters. The molecular formula is C24H20F3N3O4. The summed E-state index contributed by atoms with van der Waals surface area (Å²) in [6.45, 7) is 3.30. The number of oxazole rings is 1. The first kappa shape index (κ1) is 23.1.